The Hall–Kier alpha value is -1.03. The molecule has 1 unspecified atom stereocenters. The molecular weight excluding hydrogens is 316 g/mol. The molecule has 2 aromatic carbocycles. The lowest BCUT2D eigenvalue weighted by molar-refractivity contribution is 0.214. The zero-order valence-corrected chi connectivity index (χ0v) is 12.1. The summed E-state index contributed by atoms with van der Waals surface area (Å²) >= 11 is 9.22. The molecule has 0 fully saturated rings. The van der Waals surface area contributed by atoms with Gasteiger partial charge in [-0.05, 0) is 35.9 Å². The number of halogens is 2. The number of hydrogen-bond acceptors (Lipinski definition) is 2. The Morgan fingerprint density at radius 1 is 1.17 bits per heavy atom. The van der Waals surface area contributed by atoms with Crippen molar-refractivity contribution in [3.8, 4) is 5.75 Å². The van der Waals surface area contributed by atoms with E-state index in [0.29, 0.717) is 16.3 Å². The summed E-state index contributed by atoms with van der Waals surface area (Å²) in [5, 5.41) is 11.0. The molecule has 2 nitrogen and oxygen atoms in total. The summed E-state index contributed by atoms with van der Waals surface area (Å²) in [6.45, 7) is 0. The highest BCUT2D eigenvalue weighted by Crippen LogP contribution is 2.32. The Labute approximate surface area is 119 Å². The molecule has 0 saturated carbocycles. The summed E-state index contributed by atoms with van der Waals surface area (Å²) < 4.78 is 6.15. The molecule has 0 aliphatic carbocycles. The average molecular weight is 328 g/mol. The first-order valence-electron chi connectivity index (χ1n) is 5.39. The fourth-order valence-electron chi connectivity index (χ4n) is 1.74. The fraction of sp³-hybridized carbons (Fsp3) is 0.143. The van der Waals surface area contributed by atoms with E-state index < -0.39 is 6.10 Å². The van der Waals surface area contributed by atoms with Crippen molar-refractivity contribution in [1.29, 1.82) is 0 Å². The van der Waals surface area contributed by atoms with Crippen molar-refractivity contribution in [2.24, 2.45) is 0 Å². The zero-order chi connectivity index (χ0) is 13.1. The van der Waals surface area contributed by atoms with Crippen molar-refractivity contribution in [1.82, 2.24) is 0 Å². The van der Waals surface area contributed by atoms with Gasteiger partial charge in [-0.1, -0.05) is 39.7 Å². The van der Waals surface area contributed by atoms with E-state index in [1.807, 2.05) is 18.2 Å². The molecule has 2 aromatic rings. The van der Waals surface area contributed by atoms with Crippen LogP contribution in [-0.2, 0) is 0 Å². The summed E-state index contributed by atoms with van der Waals surface area (Å²) in [7, 11) is 1.58. The second-order valence-corrected chi connectivity index (χ2v) is 5.19. The lowest BCUT2D eigenvalue weighted by atomic mass is 10.0. The standard InChI is InChI=1S/C14H12BrClO2/c1-18-13-7-4-10(15)8-12(13)14(17)9-2-5-11(16)6-3-9/h2-8,14,17H,1H3. The Bertz CT molecular complexity index is 540. The monoisotopic (exact) mass is 326 g/mol. The van der Waals surface area contributed by atoms with Crippen LogP contribution >= 0.6 is 27.5 Å². The van der Waals surface area contributed by atoms with Gasteiger partial charge in [-0.2, -0.15) is 0 Å². The highest BCUT2D eigenvalue weighted by molar-refractivity contribution is 9.10. The van der Waals surface area contributed by atoms with Gasteiger partial charge in [-0.3, -0.25) is 0 Å². The second-order valence-electron chi connectivity index (χ2n) is 3.84. The summed E-state index contributed by atoms with van der Waals surface area (Å²) in [4.78, 5) is 0. The predicted molar refractivity (Wildman–Crippen MR) is 76.2 cm³/mol. The maximum Gasteiger partial charge on any atom is 0.125 e. The minimum Gasteiger partial charge on any atom is -0.496 e. The normalized spacial score (nSPS) is 12.2. The number of aliphatic hydroxyl groups is 1. The first-order valence-corrected chi connectivity index (χ1v) is 6.56. The van der Waals surface area contributed by atoms with Gasteiger partial charge in [0.15, 0.2) is 0 Å². The van der Waals surface area contributed by atoms with Crippen LogP contribution in [-0.4, -0.2) is 12.2 Å². The van der Waals surface area contributed by atoms with Gasteiger partial charge in [0.05, 0.1) is 7.11 Å². The van der Waals surface area contributed by atoms with Crippen LogP contribution in [0.5, 0.6) is 5.75 Å². The van der Waals surface area contributed by atoms with Crippen molar-refractivity contribution < 1.29 is 9.84 Å². The largest absolute Gasteiger partial charge is 0.496 e. The summed E-state index contributed by atoms with van der Waals surface area (Å²) in [6.07, 6.45) is -0.741. The van der Waals surface area contributed by atoms with E-state index in [4.69, 9.17) is 16.3 Å². The van der Waals surface area contributed by atoms with E-state index in [-0.39, 0.29) is 0 Å². The third-order valence-corrected chi connectivity index (χ3v) is 3.42. The Kier molecular flexibility index (Phi) is 4.27. The summed E-state index contributed by atoms with van der Waals surface area (Å²) in [5.41, 5.74) is 1.49. The van der Waals surface area contributed by atoms with Crippen LogP contribution in [0, 0.1) is 0 Å². The Morgan fingerprint density at radius 3 is 2.44 bits per heavy atom. The molecule has 0 radical (unpaired) electrons. The molecule has 0 aliphatic heterocycles. The molecule has 1 N–H and O–H groups in total. The smallest absolute Gasteiger partial charge is 0.125 e. The molecule has 4 heteroatoms. The van der Waals surface area contributed by atoms with E-state index in [9.17, 15) is 5.11 Å². The molecular formula is C14H12BrClO2. The van der Waals surface area contributed by atoms with E-state index in [1.165, 1.54) is 0 Å². The molecule has 0 spiro atoms. The lowest BCUT2D eigenvalue weighted by Gasteiger charge is -2.15. The Morgan fingerprint density at radius 2 is 1.83 bits per heavy atom. The van der Waals surface area contributed by atoms with Crippen LogP contribution in [0.3, 0.4) is 0 Å². The highest BCUT2D eigenvalue weighted by Gasteiger charge is 2.15. The van der Waals surface area contributed by atoms with E-state index >= 15 is 0 Å². The quantitative estimate of drug-likeness (QED) is 0.916. The first kappa shape index (κ1) is 13.4. The molecule has 0 aromatic heterocycles. The van der Waals surface area contributed by atoms with Crippen molar-refractivity contribution in [3.63, 3.8) is 0 Å². The van der Waals surface area contributed by atoms with E-state index in [0.717, 1.165) is 10.0 Å². The van der Waals surface area contributed by atoms with Gasteiger partial charge in [-0.25, -0.2) is 0 Å². The van der Waals surface area contributed by atoms with Gasteiger partial charge < -0.3 is 9.84 Å². The van der Waals surface area contributed by atoms with Crippen LogP contribution in [0.4, 0.5) is 0 Å². The van der Waals surface area contributed by atoms with Gasteiger partial charge in [0.25, 0.3) is 0 Å². The predicted octanol–water partition coefficient (Wildman–Crippen LogP) is 4.19. The highest BCUT2D eigenvalue weighted by atomic mass is 79.9. The van der Waals surface area contributed by atoms with Gasteiger partial charge in [-0.15, -0.1) is 0 Å². The SMILES string of the molecule is COc1ccc(Br)cc1C(O)c1ccc(Cl)cc1. The average Bonchev–Trinajstić information content (AvgIpc) is 2.39. The first-order chi connectivity index (χ1) is 8.61. The molecule has 0 bridgehead atoms. The van der Waals surface area contributed by atoms with Crippen molar-refractivity contribution in [3.05, 3.63) is 63.1 Å². The van der Waals surface area contributed by atoms with Gasteiger partial charge in [0.1, 0.15) is 11.9 Å². The van der Waals surface area contributed by atoms with Crippen molar-refractivity contribution >= 4 is 27.5 Å². The number of rotatable bonds is 3. The van der Waals surface area contributed by atoms with E-state index in [2.05, 4.69) is 15.9 Å². The maximum atomic E-state index is 10.4. The van der Waals surface area contributed by atoms with Crippen LogP contribution < -0.4 is 4.74 Å². The molecule has 94 valence electrons. The zero-order valence-electron chi connectivity index (χ0n) is 9.73. The summed E-state index contributed by atoms with van der Waals surface area (Å²) in [5.74, 6) is 0.653. The minimum absolute atomic E-state index is 0.646. The lowest BCUT2D eigenvalue weighted by Crippen LogP contribution is -2.02. The van der Waals surface area contributed by atoms with Gasteiger partial charge in [0, 0.05) is 15.1 Å². The van der Waals surface area contributed by atoms with Crippen LogP contribution in [0.15, 0.2) is 46.9 Å². The summed E-state index contributed by atoms with van der Waals surface area (Å²) in [6, 6.07) is 12.6. The van der Waals surface area contributed by atoms with Crippen molar-refractivity contribution in [2.45, 2.75) is 6.10 Å². The fourth-order valence-corrected chi connectivity index (χ4v) is 2.25. The number of benzene rings is 2. The van der Waals surface area contributed by atoms with Crippen molar-refractivity contribution in [2.75, 3.05) is 7.11 Å². The molecule has 0 amide bonds. The number of methoxy groups -OCH3 is 1. The van der Waals surface area contributed by atoms with Crippen LogP contribution in [0.1, 0.15) is 17.2 Å². The van der Waals surface area contributed by atoms with Crippen LogP contribution in [0.25, 0.3) is 0 Å². The minimum atomic E-state index is -0.741. The molecule has 0 aliphatic rings. The number of aliphatic hydroxyl groups excluding tert-OH is 1. The molecule has 18 heavy (non-hydrogen) atoms. The topological polar surface area (TPSA) is 29.5 Å². The molecule has 2 rings (SSSR count). The van der Waals surface area contributed by atoms with E-state index in [1.54, 1.807) is 31.4 Å². The van der Waals surface area contributed by atoms with Crippen LogP contribution in [0.2, 0.25) is 5.02 Å². The molecule has 0 saturated heterocycles. The van der Waals surface area contributed by atoms with Gasteiger partial charge >= 0.3 is 0 Å². The molecule has 1 atom stereocenters. The third-order valence-electron chi connectivity index (χ3n) is 2.67. The second kappa shape index (κ2) is 5.74. The number of hydrogen-bond donors (Lipinski definition) is 1. The third kappa shape index (κ3) is 2.86. The number of ether oxygens (including phenoxy) is 1. The Balaban J connectivity index is 2.41. The van der Waals surface area contributed by atoms with Gasteiger partial charge in [0.2, 0.25) is 0 Å². The molecule has 0 heterocycles. The maximum absolute atomic E-state index is 10.4.